The average Bonchev–Trinajstić information content (AvgIpc) is 2.67. The number of ether oxygens (including phenoxy) is 1. The molecule has 0 aromatic heterocycles. The Hall–Kier alpha value is -2.82. The molecule has 0 saturated carbocycles. The Kier molecular flexibility index (Phi) is 5.89. The Morgan fingerprint density at radius 3 is 2.46 bits per heavy atom. The molecule has 0 bridgehead atoms. The normalized spacial score (nSPS) is 16.8. The fourth-order valence-corrected chi connectivity index (χ4v) is 3.22. The summed E-state index contributed by atoms with van der Waals surface area (Å²) < 4.78 is 5.65. The molecule has 26 heavy (non-hydrogen) atoms. The Morgan fingerprint density at radius 1 is 1.08 bits per heavy atom. The lowest BCUT2D eigenvalue weighted by Crippen LogP contribution is -2.50. The number of amides is 2. The molecule has 136 valence electrons. The van der Waals surface area contributed by atoms with Gasteiger partial charge in [0.15, 0.2) is 6.61 Å². The van der Waals surface area contributed by atoms with Crippen LogP contribution in [0.4, 0.5) is 0 Å². The van der Waals surface area contributed by atoms with Crippen molar-refractivity contribution in [3.8, 4) is 16.9 Å². The number of likely N-dealkylation sites (tertiary alicyclic amines) is 1. The number of piperidine rings is 1. The van der Waals surface area contributed by atoms with Gasteiger partial charge in [0.2, 0.25) is 5.91 Å². The molecule has 1 saturated heterocycles. The molecular formula is C21H24N2O3. The molecule has 1 atom stereocenters. The van der Waals surface area contributed by atoms with Gasteiger partial charge in [-0.3, -0.25) is 9.59 Å². The maximum absolute atomic E-state index is 12.4. The maximum Gasteiger partial charge on any atom is 0.260 e. The first kappa shape index (κ1) is 18.0. The second-order valence-electron chi connectivity index (χ2n) is 6.56. The van der Waals surface area contributed by atoms with Gasteiger partial charge in [-0.2, -0.15) is 0 Å². The molecule has 1 heterocycles. The van der Waals surface area contributed by atoms with Crippen molar-refractivity contribution in [2.24, 2.45) is 0 Å². The Morgan fingerprint density at radius 2 is 1.77 bits per heavy atom. The van der Waals surface area contributed by atoms with Gasteiger partial charge < -0.3 is 15.0 Å². The Balaban J connectivity index is 1.52. The van der Waals surface area contributed by atoms with Crippen molar-refractivity contribution < 1.29 is 14.3 Å². The van der Waals surface area contributed by atoms with Crippen molar-refractivity contribution >= 4 is 11.8 Å². The highest BCUT2D eigenvalue weighted by molar-refractivity contribution is 5.78. The molecule has 1 N–H and O–H groups in total. The Bertz CT molecular complexity index is 744. The highest BCUT2D eigenvalue weighted by Crippen LogP contribution is 2.22. The van der Waals surface area contributed by atoms with E-state index < -0.39 is 0 Å². The summed E-state index contributed by atoms with van der Waals surface area (Å²) in [6.45, 7) is 2.78. The lowest BCUT2D eigenvalue weighted by Gasteiger charge is -2.32. The van der Waals surface area contributed by atoms with Crippen LogP contribution in [0.3, 0.4) is 0 Å². The number of hydrogen-bond donors (Lipinski definition) is 1. The van der Waals surface area contributed by atoms with Crippen LogP contribution in [0.5, 0.6) is 5.75 Å². The lowest BCUT2D eigenvalue weighted by molar-refractivity contribution is -0.135. The van der Waals surface area contributed by atoms with E-state index in [2.05, 4.69) is 17.4 Å². The third-order valence-corrected chi connectivity index (χ3v) is 4.51. The van der Waals surface area contributed by atoms with Crippen LogP contribution >= 0.6 is 0 Å². The summed E-state index contributed by atoms with van der Waals surface area (Å²) in [5.74, 6) is 0.569. The molecule has 0 radical (unpaired) electrons. The predicted molar refractivity (Wildman–Crippen MR) is 101 cm³/mol. The molecule has 5 nitrogen and oxygen atoms in total. The van der Waals surface area contributed by atoms with Crippen LogP contribution in [0.25, 0.3) is 11.1 Å². The highest BCUT2D eigenvalue weighted by atomic mass is 16.5. The van der Waals surface area contributed by atoms with Crippen LogP contribution < -0.4 is 10.1 Å². The third kappa shape index (κ3) is 4.85. The second-order valence-corrected chi connectivity index (χ2v) is 6.56. The van der Waals surface area contributed by atoms with Gasteiger partial charge in [-0.15, -0.1) is 0 Å². The molecule has 1 unspecified atom stereocenters. The molecule has 2 aromatic rings. The molecule has 0 spiro atoms. The van der Waals surface area contributed by atoms with Crippen molar-refractivity contribution in [3.05, 3.63) is 54.6 Å². The molecule has 0 aliphatic carbocycles. The van der Waals surface area contributed by atoms with E-state index in [-0.39, 0.29) is 24.5 Å². The second kappa shape index (κ2) is 8.52. The molecule has 2 amide bonds. The topological polar surface area (TPSA) is 58.6 Å². The fourth-order valence-electron chi connectivity index (χ4n) is 3.22. The standard InChI is InChI=1S/C21H24N2O3/c1-16(24)22-19-8-5-13-23(14-19)21(25)15-26-20-11-9-18(10-12-20)17-6-3-2-4-7-17/h2-4,6-7,9-12,19H,5,8,13-15H2,1H3,(H,22,24). The van der Waals surface area contributed by atoms with Gasteiger partial charge in [0.1, 0.15) is 5.75 Å². The van der Waals surface area contributed by atoms with E-state index in [0.29, 0.717) is 18.8 Å². The van der Waals surface area contributed by atoms with E-state index in [9.17, 15) is 9.59 Å². The molecule has 5 heteroatoms. The summed E-state index contributed by atoms with van der Waals surface area (Å²) in [5, 5.41) is 2.89. The zero-order chi connectivity index (χ0) is 18.4. The number of hydrogen-bond acceptors (Lipinski definition) is 3. The van der Waals surface area contributed by atoms with Crippen molar-refractivity contribution in [3.63, 3.8) is 0 Å². The van der Waals surface area contributed by atoms with E-state index in [1.165, 1.54) is 6.92 Å². The van der Waals surface area contributed by atoms with Crippen molar-refractivity contribution in [1.82, 2.24) is 10.2 Å². The van der Waals surface area contributed by atoms with Gasteiger partial charge >= 0.3 is 0 Å². The Labute approximate surface area is 154 Å². The van der Waals surface area contributed by atoms with Crippen LogP contribution in [-0.2, 0) is 9.59 Å². The molecule has 1 aliphatic rings. The summed E-state index contributed by atoms with van der Waals surface area (Å²) in [4.78, 5) is 25.3. The van der Waals surface area contributed by atoms with Gasteiger partial charge in [-0.05, 0) is 36.1 Å². The number of carbonyl (C=O) groups is 2. The fraction of sp³-hybridized carbons (Fsp3) is 0.333. The quantitative estimate of drug-likeness (QED) is 0.900. The van der Waals surface area contributed by atoms with Crippen LogP contribution in [0.2, 0.25) is 0 Å². The molecule has 1 fully saturated rings. The number of rotatable bonds is 5. The van der Waals surface area contributed by atoms with Gasteiger partial charge in [0, 0.05) is 26.1 Å². The van der Waals surface area contributed by atoms with Gasteiger partial charge in [-0.1, -0.05) is 42.5 Å². The maximum atomic E-state index is 12.4. The highest BCUT2D eigenvalue weighted by Gasteiger charge is 2.24. The van der Waals surface area contributed by atoms with Crippen LogP contribution in [-0.4, -0.2) is 42.5 Å². The minimum atomic E-state index is -0.0564. The first-order valence-corrected chi connectivity index (χ1v) is 8.95. The average molecular weight is 352 g/mol. The van der Waals surface area contributed by atoms with Gasteiger partial charge in [0.25, 0.3) is 5.91 Å². The summed E-state index contributed by atoms with van der Waals surface area (Å²) in [6, 6.07) is 17.9. The van der Waals surface area contributed by atoms with Crippen molar-refractivity contribution in [2.75, 3.05) is 19.7 Å². The van der Waals surface area contributed by atoms with Crippen LogP contribution in [0.15, 0.2) is 54.6 Å². The number of carbonyl (C=O) groups excluding carboxylic acids is 2. The monoisotopic (exact) mass is 352 g/mol. The minimum absolute atomic E-state index is 0.0114. The first-order chi connectivity index (χ1) is 12.6. The molecule has 1 aliphatic heterocycles. The third-order valence-electron chi connectivity index (χ3n) is 4.51. The van der Waals surface area contributed by atoms with Gasteiger partial charge in [-0.25, -0.2) is 0 Å². The summed E-state index contributed by atoms with van der Waals surface area (Å²) in [7, 11) is 0. The summed E-state index contributed by atoms with van der Waals surface area (Å²) in [6.07, 6.45) is 1.80. The summed E-state index contributed by atoms with van der Waals surface area (Å²) >= 11 is 0. The number of nitrogens with one attached hydrogen (secondary N) is 1. The van der Waals surface area contributed by atoms with Crippen LogP contribution in [0.1, 0.15) is 19.8 Å². The molecule has 3 rings (SSSR count). The van der Waals surface area contributed by atoms with Crippen molar-refractivity contribution in [1.29, 1.82) is 0 Å². The van der Waals surface area contributed by atoms with E-state index in [4.69, 9.17) is 4.74 Å². The lowest BCUT2D eigenvalue weighted by atomic mass is 10.1. The smallest absolute Gasteiger partial charge is 0.260 e. The predicted octanol–water partition coefficient (Wildman–Crippen LogP) is 2.86. The first-order valence-electron chi connectivity index (χ1n) is 8.95. The van der Waals surface area contributed by atoms with E-state index in [0.717, 1.165) is 24.0 Å². The largest absolute Gasteiger partial charge is 0.484 e. The van der Waals surface area contributed by atoms with E-state index in [1.54, 1.807) is 4.90 Å². The number of nitrogens with zero attached hydrogens (tertiary/aromatic N) is 1. The molecule has 2 aromatic carbocycles. The summed E-state index contributed by atoms with van der Waals surface area (Å²) in [5.41, 5.74) is 2.26. The van der Waals surface area contributed by atoms with Crippen LogP contribution in [0, 0.1) is 0 Å². The van der Waals surface area contributed by atoms with E-state index >= 15 is 0 Å². The zero-order valence-electron chi connectivity index (χ0n) is 15.0. The SMILES string of the molecule is CC(=O)NC1CCCN(C(=O)COc2ccc(-c3ccccc3)cc2)C1. The van der Waals surface area contributed by atoms with E-state index in [1.807, 2.05) is 42.5 Å². The van der Waals surface area contributed by atoms with Crippen molar-refractivity contribution in [2.45, 2.75) is 25.8 Å². The minimum Gasteiger partial charge on any atom is -0.484 e. The zero-order valence-corrected chi connectivity index (χ0v) is 15.0. The van der Waals surface area contributed by atoms with Gasteiger partial charge in [0.05, 0.1) is 0 Å². The molecular weight excluding hydrogens is 328 g/mol. The number of benzene rings is 2.